The minimum atomic E-state index is -1.06. The van der Waals surface area contributed by atoms with Gasteiger partial charge in [-0.2, -0.15) is 0 Å². The van der Waals surface area contributed by atoms with Crippen molar-refractivity contribution >= 4 is 24.2 Å². The van der Waals surface area contributed by atoms with Gasteiger partial charge in [0, 0.05) is 24.1 Å². The van der Waals surface area contributed by atoms with Crippen LogP contribution >= 0.6 is 0 Å². The van der Waals surface area contributed by atoms with Gasteiger partial charge in [-0.15, -0.1) is 0 Å². The summed E-state index contributed by atoms with van der Waals surface area (Å²) in [6, 6.07) is 2.45. The molecule has 2 saturated heterocycles. The van der Waals surface area contributed by atoms with Crippen LogP contribution in [0, 0.1) is 11.6 Å². The molecule has 1 amide bonds. The minimum absolute atomic E-state index is 0.0427. The first-order chi connectivity index (χ1) is 10.6. The molecule has 2 aliphatic rings. The molecule has 1 aromatic rings. The third-order valence-electron chi connectivity index (χ3n) is 4.96. The van der Waals surface area contributed by atoms with Gasteiger partial charge >= 0.3 is 7.12 Å². The summed E-state index contributed by atoms with van der Waals surface area (Å²) in [6.45, 7) is 7.84. The number of hydrogen-bond donors (Lipinski definition) is 0. The molecule has 0 unspecified atom stereocenters. The number of carbonyl (C=O) groups is 1. The van der Waals surface area contributed by atoms with Gasteiger partial charge in [-0.05, 0) is 46.2 Å². The van der Waals surface area contributed by atoms with E-state index in [1.54, 1.807) is 0 Å². The third kappa shape index (κ3) is 2.56. The van der Waals surface area contributed by atoms with E-state index in [2.05, 4.69) is 0 Å². The lowest BCUT2D eigenvalue weighted by Crippen LogP contribution is -2.42. The Hall–Kier alpha value is -1.47. The standard InChI is InChI=1S/C16H20BF2NO3/c1-15(2)16(3,4)23-17(22-15)13-11(8-7-10(18)14(13)19)20-9-5-6-12(20)21/h7-8H,5-6,9H2,1-4H3. The molecule has 2 heterocycles. The van der Waals surface area contributed by atoms with E-state index >= 15 is 0 Å². The number of anilines is 1. The average Bonchev–Trinajstić information content (AvgIpc) is 2.94. The predicted octanol–water partition coefficient (Wildman–Crippen LogP) is 2.39. The normalized spacial score (nSPS) is 23.0. The molecular weight excluding hydrogens is 303 g/mol. The van der Waals surface area contributed by atoms with Gasteiger partial charge in [0.15, 0.2) is 11.6 Å². The Morgan fingerprint density at radius 3 is 2.26 bits per heavy atom. The molecule has 1 aromatic carbocycles. The van der Waals surface area contributed by atoms with Crippen LogP contribution in [0.25, 0.3) is 0 Å². The van der Waals surface area contributed by atoms with E-state index in [-0.39, 0.29) is 11.4 Å². The van der Waals surface area contributed by atoms with Crippen LogP contribution in [0.3, 0.4) is 0 Å². The maximum absolute atomic E-state index is 14.5. The Kier molecular flexibility index (Phi) is 3.76. The van der Waals surface area contributed by atoms with Crippen LogP contribution in [0.4, 0.5) is 14.5 Å². The van der Waals surface area contributed by atoms with Gasteiger partial charge in [-0.1, -0.05) is 0 Å². The first kappa shape index (κ1) is 16.4. The number of nitrogens with zero attached hydrogens (tertiary/aromatic N) is 1. The number of hydrogen-bond acceptors (Lipinski definition) is 3. The molecule has 7 heteroatoms. The van der Waals surface area contributed by atoms with Gasteiger partial charge < -0.3 is 14.2 Å². The summed E-state index contributed by atoms with van der Waals surface area (Å²) in [5.41, 5.74) is -1.07. The SMILES string of the molecule is CC1(C)OB(c2c(N3CCCC3=O)ccc(F)c2F)OC1(C)C. The van der Waals surface area contributed by atoms with Crippen LogP contribution in [-0.4, -0.2) is 30.8 Å². The summed E-state index contributed by atoms with van der Waals surface area (Å²) < 4.78 is 40.0. The zero-order valence-electron chi connectivity index (χ0n) is 13.8. The Morgan fingerprint density at radius 2 is 1.74 bits per heavy atom. The van der Waals surface area contributed by atoms with E-state index in [4.69, 9.17) is 9.31 Å². The van der Waals surface area contributed by atoms with Crippen molar-refractivity contribution < 1.29 is 22.9 Å². The zero-order valence-corrected chi connectivity index (χ0v) is 13.8. The van der Waals surface area contributed by atoms with Crippen LogP contribution in [-0.2, 0) is 14.1 Å². The van der Waals surface area contributed by atoms with Gasteiger partial charge in [0.1, 0.15) is 0 Å². The number of benzene rings is 1. The molecule has 0 saturated carbocycles. The van der Waals surface area contributed by atoms with E-state index in [0.717, 1.165) is 6.07 Å². The zero-order chi connectivity index (χ0) is 17.0. The summed E-state index contributed by atoms with van der Waals surface area (Å²) in [5, 5.41) is 0. The number of carbonyl (C=O) groups excluding carboxylic acids is 1. The van der Waals surface area contributed by atoms with E-state index in [1.165, 1.54) is 11.0 Å². The molecule has 0 bridgehead atoms. The number of rotatable bonds is 2. The molecule has 0 aliphatic carbocycles. The fraction of sp³-hybridized carbons (Fsp3) is 0.562. The molecule has 0 aromatic heterocycles. The largest absolute Gasteiger partial charge is 0.500 e. The molecule has 3 rings (SSSR count). The Balaban J connectivity index is 2.08. The summed E-state index contributed by atoms with van der Waals surface area (Å²) in [5.74, 6) is -2.11. The van der Waals surface area contributed by atoms with Gasteiger partial charge in [0.2, 0.25) is 5.91 Å². The van der Waals surface area contributed by atoms with Crippen molar-refractivity contribution in [2.24, 2.45) is 0 Å². The summed E-state index contributed by atoms with van der Waals surface area (Å²) in [7, 11) is -1.06. The van der Waals surface area contributed by atoms with Crippen molar-refractivity contribution in [2.75, 3.05) is 11.4 Å². The van der Waals surface area contributed by atoms with Crippen molar-refractivity contribution in [1.82, 2.24) is 0 Å². The third-order valence-corrected chi connectivity index (χ3v) is 4.96. The molecule has 0 atom stereocenters. The molecule has 0 N–H and O–H groups in total. The van der Waals surface area contributed by atoms with E-state index in [0.29, 0.717) is 25.1 Å². The second kappa shape index (κ2) is 5.28. The second-order valence-corrected chi connectivity index (χ2v) is 7.03. The Bertz CT molecular complexity index is 647. The topological polar surface area (TPSA) is 38.8 Å². The van der Waals surface area contributed by atoms with Gasteiger partial charge in [0.05, 0.1) is 11.2 Å². The van der Waals surface area contributed by atoms with Gasteiger partial charge in [-0.25, -0.2) is 8.78 Å². The highest BCUT2D eigenvalue weighted by Crippen LogP contribution is 2.38. The molecule has 23 heavy (non-hydrogen) atoms. The molecule has 2 aliphatic heterocycles. The molecule has 4 nitrogen and oxygen atoms in total. The highest BCUT2D eigenvalue weighted by atomic mass is 19.2. The number of amides is 1. The van der Waals surface area contributed by atoms with E-state index < -0.39 is 30.0 Å². The lowest BCUT2D eigenvalue weighted by molar-refractivity contribution is -0.117. The molecule has 124 valence electrons. The Labute approximate surface area is 134 Å². The maximum atomic E-state index is 14.5. The maximum Gasteiger partial charge on any atom is 0.500 e. The van der Waals surface area contributed by atoms with E-state index in [9.17, 15) is 13.6 Å². The molecule has 0 radical (unpaired) electrons. The Morgan fingerprint density at radius 1 is 1.13 bits per heavy atom. The first-order valence-corrected chi connectivity index (χ1v) is 7.78. The van der Waals surface area contributed by atoms with Crippen LogP contribution < -0.4 is 10.4 Å². The van der Waals surface area contributed by atoms with Crippen LogP contribution in [0.15, 0.2) is 12.1 Å². The minimum Gasteiger partial charge on any atom is -0.399 e. The van der Waals surface area contributed by atoms with Crippen molar-refractivity contribution in [1.29, 1.82) is 0 Å². The average molecular weight is 323 g/mol. The van der Waals surface area contributed by atoms with E-state index in [1.807, 2.05) is 27.7 Å². The fourth-order valence-corrected chi connectivity index (χ4v) is 2.88. The number of halogens is 2. The van der Waals surface area contributed by atoms with Crippen LogP contribution in [0.5, 0.6) is 0 Å². The van der Waals surface area contributed by atoms with Crippen molar-refractivity contribution in [3.63, 3.8) is 0 Å². The lowest BCUT2D eigenvalue weighted by Gasteiger charge is -2.32. The first-order valence-electron chi connectivity index (χ1n) is 7.78. The second-order valence-electron chi connectivity index (χ2n) is 7.03. The quantitative estimate of drug-likeness (QED) is 0.785. The van der Waals surface area contributed by atoms with Crippen molar-refractivity contribution in [2.45, 2.75) is 51.7 Å². The highest BCUT2D eigenvalue weighted by molar-refractivity contribution is 6.64. The lowest BCUT2D eigenvalue weighted by atomic mass is 9.76. The van der Waals surface area contributed by atoms with Crippen LogP contribution in [0.1, 0.15) is 40.5 Å². The monoisotopic (exact) mass is 323 g/mol. The smallest absolute Gasteiger partial charge is 0.399 e. The molecule has 2 fully saturated rings. The van der Waals surface area contributed by atoms with Crippen molar-refractivity contribution in [3.8, 4) is 0 Å². The van der Waals surface area contributed by atoms with Crippen LogP contribution in [0.2, 0.25) is 0 Å². The van der Waals surface area contributed by atoms with Crippen molar-refractivity contribution in [3.05, 3.63) is 23.8 Å². The molecular formula is C16H20BF2NO3. The molecule has 0 spiro atoms. The predicted molar refractivity (Wildman–Crippen MR) is 83.7 cm³/mol. The summed E-state index contributed by atoms with van der Waals surface area (Å²) in [6.07, 6.45) is 1.10. The fourth-order valence-electron chi connectivity index (χ4n) is 2.88. The summed E-state index contributed by atoms with van der Waals surface area (Å²) >= 11 is 0. The summed E-state index contributed by atoms with van der Waals surface area (Å²) in [4.78, 5) is 13.5. The van der Waals surface area contributed by atoms with Gasteiger partial charge in [-0.3, -0.25) is 4.79 Å². The highest BCUT2D eigenvalue weighted by Gasteiger charge is 2.53. The van der Waals surface area contributed by atoms with Gasteiger partial charge in [0.25, 0.3) is 0 Å².